The summed E-state index contributed by atoms with van der Waals surface area (Å²) in [6, 6.07) is 11.2. The summed E-state index contributed by atoms with van der Waals surface area (Å²) in [4.78, 5) is 12.8. The lowest BCUT2D eigenvalue weighted by atomic mass is 9.67. The first-order valence-corrected chi connectivity index (χ1v) is 10.9. The molecule has 0 amide bonds. The lowest BCUT2D eigenvalue weighted by molar-refractivity contribution is -0.156. The third-order valence-corrected chi connectivity index (χ3v) is 6.25. The predicted molar refractivity (Wildman–Crippen MR) is 121 cm³/mol. The van der Waals surface area contributed by atoms with Crippen molar-refractivity contribution in [2.24, 2.45) is 11.3 Å². The van der Waals surface area contributed by atoms with E-state index in [-0.39, 0.29) is 26.1 Å². The average molecular weight is 461 g/mol. The van der Waals surface area contributed by atoms with Crippen LogP contribution in [0.1, 0.15) is 24.5 Å². The molecule has 0 spiro atoms. The average Bonchev–Trinajstić information content (AvgIpc) is 3.29. The molecule has 8 nitrogen and oxygen atoms in total. The highest BCUT2D eigenvalue weighted by Gasteiger charge is 2.45. The van der Waals surface area contributed by atoms with Crippen molar-refractivity contribution in [2.75, 3.05) is 41.5 Å². The largest absolute Gasteiger partial charge is 0.493 e. The van der Waals surface area contributed by atoms with Gasteiger partial charge >= 0.3 is 5.97 Å². The van der Waals surface area contributed by atoms with Crippen molar-refractivity contribution in [3.05, 3.63) is 47.5 Å². The summed E-state index contributed by atoms with van der Waals surface area (Å²) in [7, 11) is 4.70. The van der Waals surface area contributed by atoms with Crippen LogP contribution in [0.2, 0.25) is 0 Å². The van der Waals surface area contributed by atoms with Crippen molar-refractivity contribution in [3.8, 4) is 23.0 Å². The minimum atomic E-state index is -1.07. The summed E-state index contributed by atoms with van der Waals surface area (Å²) in [5, 5.41) is 10.5. The molecule has 3 rings (SSSR count). The van der Waals surface area contributed by atoms with Crippen LogP contribution in [0, 0.1) is 11.3 Å². The van der Waals surface area contributed by atoms with Gasteiger partial charge in [-0.2, -0.15) is 0 Å². The summed E-state index contributed by atoms with van der Waals surface area (Å²) in [6.45, 7) is 2.39. The second-order valence-electron chi connectivity index (χ2n) is 8.05. The molecule has 0 fully saturated rings. The molecule has 0 bridgehead atoms. The van der Waals surface area contributed by atoms with E-state index < -0.39 is 11.4 Å². The van der Waals surface area contributed by atoms with Crippen LogP contribution >= 0.6 is 0 Å². The van der Waals surface area contributed by atoms with E-state index in [0.29, 0.717) is 42.3 Å². The number of hydrogen-bond donors (Lipinski definition) is 1. The summed E-state index contributed by atoms with van der Waals surface area (Å²) in [5.74, 6) is 1.32. The SMILES string of the molecule is CC[C@](Cc1ccc2c(c1)OCO2)(C(=O)O)[C@@H](COCOC)Cc1ccc(OC)c(OC)c1. The van der Waals surface area contributed by atoms with Gasteiger partial charge in [0.25, 0.3) is 0 Å². The van der Waals surface area contributed by atoms with Crippen LogP contribution < -0.4 is 18.9 Å². The smallest absolute Gasteiger partial charge is 0.310 e. The van der Waals surface area contributed by atoms with Crippen LogP contribution in [0.25, 0.3) is 0 Å². The van der Waals surface area contributed by atoms with Crippen molar-refractivity contribution >= 4 is 5.97 Å². The van der Waals surface area contributed by atoms with Crippen LogP contribution in [-0.4, -0.2) is 52.6 Å². The molecule has 1 heterocycles. The van der Waals surface area contributed by atoms with Gasteiger partial charge < -0.3 is 33.5 Å². The Kier molecular flexibility index (Phi) is 8.41. The number of ether oxygens (including phenoxy) is 6. The van der Waals surface area contributed by atoms with Crippen LogP contribution in [0.4, 0.5) is 0 Å². The molecule has 33 heavy (non-hydrogen) atoms. The fourth-order valence-corrected chi connectivity index (χ4v) is 4.35. The third kappa shape index (κ3) is 5.51. The van der Waals surface area contributed by atoms with Gasteiger partial charge in [-0.15, -0.1) is 0 Å². The van der Waals surface area contributed by atoms with Crippen LogP contribution in [0.3, 0.4) is 0 Å². The zero-order valence-corrected chi connectivity index (χ0v) is 19.6. The lowest BCUT2D eigenvalue weighted by Gasteiger charge is -2.37. The van der Waals surface area contributed by atoms with E-state index in [2.05, 4.69) is 0 Å². The monoisotopic (exact) mass is 460 g/mol. The Morgan fingerprint density at radius 2 is 1.76 bits per heavy atom. The van der Waals surface area contributed by atoms with E-state index >= 15 is 0 Å². The standard InChI is InChI=1S/C25H32O8/c1-5-25(24(26)27,13-18-7-9-21-23(12-18)33-16-32-21)19(14-31-15-28-2)10-17-6-8-20(29-3)22(11-17)30-4/h6-9,11-12,19H,5,10,13-16H2,1-4H3,(H,26,27)/t19-,25-/m1/s1. The molecule has 8 heteroatoms. The first-order valence-electron chi connectivity index (χ1n) is 10.9. The Morgan fingerprint density at radius 3 is 2.42 bits per heavy atom. The Hall–Kier alpha value is -2.97. The molecule has 2 aromatic carbocycles. The maximum atomic E-state index is 12.8. The number of carboxylic acid groups (broad SMARTS) is 1. The zero-order valence-electron chi connectivity index (χ0n) is 19.6. The van der Waals surface area contributed by atoms with Crippen molar-refractivity contribution in [2.45, 2.75) is 26.2 Å². The normalized spacial score (nSPS) is 15.0. The molecule has 2 aromatic rings. The molecule has 0 aliphatic carbocycles. The third-order valence-electron chi connectivity index (χ3n) is 6.25. The van der Waals surface area contributed by atoms with Crippen LogP contribution in [-0.2, 0) is 27.1 Å². The van der Waals surface area contributed by atoms with E-state index in [0.717, 1.165) is 11.1 Å². The molecule has 1 aliphatic heterocycles. The molecule has 0 saturated heterocycles. The molecule has 0 unspecified atom stereocenters. The molecule has 0 radical (unpaired) electrons. The quantitative estimate of drug-likeness (QED) is 0.355. The Labute approximate surface area is 194 Å². The Balaban J connectivity index is 1.95. The number of carbonyl (C=O) groups is 1. The summed E-state index contributed by atoms with van der Waals surface area (Å²) in [5.41, 5.74) is 0.727. The first kappa shape index (κ1) is 24.7. The van der Waals surface area contributed by atoms with Gasteiger partial charge in [0.15, 0.2) is 23.0 Å². The lowest BCUT2D eigenvalue weighted by Crippen LogP contribution is -2.43. The fraction of sp³-hybridized carbons (Fsp3) is 0.480. The molecule has 1 N–H and O–H groups in total. The van der Waals surface area contributed by atoms with Crippen molar-refractivity contribution in [1.82, 2.24) is 0 Å². The molecular formula is C25H32O8. The number of methoxy groups -OCH3 is 3. The van der Waals surface area contributed by atoms with E-state index in [1.54, 1.807) is 21.3 Å². The van der Waals surface area contributed by atoms with Crippen molar-refractivity contribution < 1.29 is 38.3 Å². The Morgan fingerprint density at radius 1 is 1.03 bits per heavy atom. The van der Waals surface area contributed by atoms with E-state index in [9.17, 15) is 9.90 Å². The molecule has 1 aliphatic rings. The highest BCUT2D eigenvalue weighted by atomic mass is 16.7. The number of carboxylic acids is 1. The number of rotatable bonds is 13. The van der Waals surface area contributed by atoms with E-state index in [4.69, 9.17) is 28.4 Å². The molecule has 180 valence electrons. The maximum Gasteiger partial charge on any atom is 0.310 e. The molecular weight excluding hydrogens is 428 g/mol. The second kappa shape index (κ2) is 11.2. The van der Waals surface area contributed by atoms with Gasteiger partial charge in [0.2, 0.25) is 6.79 Å². The number of aliphatic carboxylic acids is 1. The summed E-state index contributed by atoms with van der Waals surface area (Å²) in [6.07, 6.45) is 1.23. The highest BCUT2D eigenvalue weighted by Crippen LogP contribution is 2.41. The molecule has 0 saturated carbocycles. The van der Waals surface area contributed by atoms with E-state index in [1.807, 2.05) is 43.3 Å². The molecule has 0 aromatic heterocycles. The van der Waals surface area contributed by atoms with Crippen molar-refractivity contribution in [1.29, 1.82) is 0 Å². The van der Waals surface area contributed by atoms with Crippen LogP contribution in [0.5, 0.6) is 23.0 Å². The zero-order chi connectivity index (χ0) is 23.8. The van der Waals surface area contributed by atoms with Gasteiger partial charge in [0.05, 0.1) is 26.2 Å². The van der Waals surface area contributed by atoms with Gasteiger partial charge in [-0.05, 0) is 54.7 Å². The topological polar surface area (TPSA) is 92.7 Å². The second-order valence-corrected chi connectivity index (χ2v) is 8.05. The summed E-state index contributed by atoms with van der Waals surface area (Å²) >= 11 is 0. The molecule has 2 atom stereocenters. The van der Waals surface area contributed by atoms with Gasteiger partial charge in [-0.1, -0.05) is 19.1 Å². The minimum Gasteiger partial charge on any atom is -0.493 e. The minimum absolute atomic E-state index is 0.0892. The van der Waals surface area contributed by atoms with Gasteiger partial charge in [0.1, 0.15) is 6.79 Å². The first-order chi connectivity index (χ1) is 16.0. The highest BCUT2D eigenvalue weighted by molar-refractivity contribution is 5.75. The van der Waals surface area contributed by atoms with E-state index in [1.165, 1.54) is 0 Å². The van der Waals surface area contributed by atoms with Gasteiger partial charge in [-0.25, -0.2) is 0 Å². The van der Waals surface area contributed by atoms with Gasteiger partial charge in [-0.3, -0.25) is 4.79 Å². The van der Waals surface area contributed by atoms with Gasteiger partial charge in [0, 0.05) is 13.0 Å². The number of benzene rings is 2. The number of fused-ring (bicyclic) bond motifs is 1. The predicted octanol–water partition coefficient (Wildman–Crippen LogP) is 3.94. The summed E-state index contributed by atoms with van der Waals surface area (Å²) < 4.78 is 32.4. The fourth-order valence-electron chi connectivity index (χ4n) is 4.35. The maximum absolute atomic E-state index is 12.8. The Bertz CT molecular complexity index is 944. The van der Waals surface area contributed by atoms with Crippen molar-refractivity contribution in [3.63, 3.8) is 0 Å². The number of hydrogen-bond acceptors (Lipinski definition) is 7. The van der Waals surface area contributed by atoms with Crippen LogP contribution in [0.15, 0.2) is 36.4 Å².